The molecule has 34 heavy (non-hydrogen) atoms. The summed E-state index contributed by atoms with van der Waals surface area (Å²) in [7, 11) is 0. The lowest BCUT2D eigenvalue weighted by Gasteiger charge is -2.17. The quantitative estimate of drug-likeness (QED) is 0.160. The third kappa shape index (κ3) is 4.55. The minimum atomic E-state index is -0.345. The van der Waals surface area contributed by atoms with E-state index >= 15 is 0 Å². The van der Waals surface area contributed by atoms with Crippen molar-refractivity contribution in [2.75, 3.05) is 5.75 Å². The first-order valence-corrected chi connectivity index (χ1v) is 12.6. The molecule has 0 saturated heterocycles. The van der Waals surface area contributed by atoms with Gasteiger partial charge in [0.1, 0.15) is 11.4 Å². The van der Waals surface area contributed by atoms with E-state index in [-0.39, 0.29) is 17.2 Å². The number of fused-ring (bicyclic) bond motifs is 3. The van der Waals surface area contributed by atoms with Crippen LogP contribution in [0.1, 0.15) is 48.2 Å². The minimum absolute atomic E-state index is 0.00749. The largest absolute Gasteiger partial charge is 0.324 e. The summed E-state index contributed by atoms with van der Waals surface area (Å²) in [5.41, 5.74) is 2.76. The highest BCUT2D eigenvalue weighted by Crippen LogP contribution is 2.30. The van der Waals surface area contributed by atoms with Crippen LogP contribution in [-0.2, 0) is 13.0 Å². The van der Waals surface area contributed by atoms with Crippen LogP contribution >= 0.6 is 11.8 Å². The maximum Gasteiger partial charge on any atom is 0.284 e. The first kappa shape index (κ1) is 22.5. The van der Waals surface area contributed by atoms with Crippen LogP contribution in [0.4, 0.5) is 4.39 Å². The Morgan fingerprint density at radius 3 is 2.62 bits per heavy atom. The predicted molar refractivity (Wildman–Crippen MR) is 130 cm³/mol. The van der Waals surface area contributed by atoms with Crippen LogP contribution in [0.3, 0.4) is 0 Å². The number of benzene rings is 2. The summed E-state index contributed by atoms with van der Waals surface area (Å²) in [6, 6.07) is 15.1. The van der Waals surface area contributed by atoms with E-state index in [1.165, 1.54) is 28.9 Å². The number of nitrogens with zero attached hydrogens (tertiary/aromatic N) is 4. The van der Waals surface area contributed by atoms with Crippen LogP contribution in [0, 0.1) is 5.82 Å². The summed E-state index contributed by atoms with van der Waals surface area (Å²) in [6.07, 6.45) is 5.09. The highest BCUT2D eigenvalue weighted by atomic mass is 32.2. The topological polar surface area (TPSA) is 69.8 Å². The second-order valence-electron chi connectivity index (χ2n) is 8.44. The molecule has 6 nitrogen and oxygen atoms in total. The van der Waals surface area contributed by atoms with Gasteiger partial charge in [-0.25, -0.2) is 9.37 Å². The van der Waals surface area contributed by atoms with Gasteiger partial charge in [0.2, 0.25) is 0 Å². The van der Waals surface area contributed by atoms with Crippen molar-refractivity contribution in [3.8, 4) is 17.1 Å². The highest BCUT2D eigenvalue weighted by molar-refractivity contribution is 7.99. The zero-order valence-electron chi connectivity index (χ0n) is 18.7. The van der Waals surface area contributed by atoms with Crippen LogP contribution in [0.25, 0.3) is 17.1 Å². The molecule has 0 spiro atoms. The Hall–Kier alpha value is -3.26. The maximum atomic E-state index is 13.3. The Balaban J connectivity index is 1.39. The number of rotatable bonds is 7. The molecule has 0 unspecified atom stereocenters. The summed E-state index contributed by atoms with van der Waals surface area (Å²) >= 11 is 1.60. The molecule has 8 heteroatoms. The monoisotopic (exact) mass is 476 g/mol. The molecule has 2 aromatic rings. The Bertz CT molecular complexity index is 1330. The predicted octanol–water partition coefficient (Wildman–Crippen LogP) is 5.15. The van der Waals surface area contributed by atoms with Gasteiger partial charge in [-0.15, -0.1) is 5.10 Å². The van der Waals surface area contributed by atoms with Crippen molar-refractivity contribution in [3.63, 3.8) is 0 Å². The Morgan fingerprint density at radius 1 is 1.03 bits per heavy atom. The number of hydrogen-bond donors (Lipinski definition) is 0. The average molecular weight is 477 g/mol. The van der Waals surface area contributed by atoms with Gasteiger partial charge in [-0.05, 0) is 62.1 Å². The van der Waals surface area contributed by atoms with Crippen LogP contribution in [0.5, 0.6) is 0 Å². The third-order valence-corrected chi connectivity index (χ3v) is 7.18. The molecular weight excluding hydrogens is 451 g/mol. The number of Topliss-reactive ketones (excluding diaryl/α,β-unsaturated/α-hetero) is 1. The van der Waals surface area contributed by atoms with Crippen molar-refractivity contribution < 1.29 is 9.18 Å². The minimum Gasteiger partial charge on any atom is -0.324 e. The molecule has 0 saturated carbocycles. The molecule has 0 aliphatic carbocycles. The SMILES string of the molecule is O=C(CCCSc1nc2nn(-c3ccccc3)c(=O)c-2c2n1CCCCC2)c1ccc(F)cc1. The molecule has 0 fully saturated rings. The van der Waals surface area contributed by atoms with E-state index in [4.69, 9.17) is 4.98 Å². The standard InChI is InChI=1S/C26H25FN4O2S/c27-19-14-12-18(13-15-19)22(32)11-7-17-34-26-28-24-23(21-10-5-2-6-16-30(21)26)25(33)31(29-24)20-8-3-1-4-9-20/h1,3-4,8-9,12-15H,2,5-7,10-11,16-17H2. The number of carbonyl (C=O) groups excluding carboxylic acids is 1. The van der Waals surface area contributed by atoms with Crippen molar-refractivity contribution in [2.45, 2.75) is 50.2 Å². The third-order valence-electron chi connectivity index (χ3n) is 6.11. The number of para-hydroxylation sites is 1. The lowest BCUT2D eigenvalue weighted by molar-refractivity contribution is 0.0982. The van der Waals surface area contributed by atoms with E-state index in [0.29, 0.717) is 35.5 Å². The molecule has 0 radical (unpaired) electrons. The average Bonchev–Trinajstić information content (AvgIpc) is 3.02. The molecule has 0 atom stereocenters. The molecule has 0 aromatic heterocycles. The van der Waals surface area contributed by atoms with E-state index in [1.54, 1.807) is 11.8 Å². The Labute approximate surface area is 201 Å². The summed E-state index contributed by atoms with van der Waals surface area (Å²) < 4.78 is 16.7. The number of ketones is 1. The van der Waals surface area contributed by atoms with Crippen LogP contribution in [0.2, 0.25) is 0 Å². The van der Waals surface area contributed by atoms with Gasteiger partial charge in [0.05, 0.1) is 5.69 Å². The van der Waals surface area contributed by atoms with Gasteiger partial charge >= 0.3 is 0 Å². The highest BCUT2D eigenvalue weighted by Gasteiger charge is 2.27. The zero-order chi connectivity index (χ0) is 23.5. The molecule has 3 aliphatic heterocycles. The van der Waals surface area contributed by atoms with Crippen molar-refractivity contribution in [2.24, 2.45) is 0 Å². The maximum absolute atomic E-state index is 13.3. The number of thioether (sulfide) groups is 1. The van der Waals surface area contributed by atoms with Crippen LogP contribution < -0.4 is 5.56 Å². The molecule has 0 N–H and O–H groups in total. The molecule has 0 bridgehead atoms. The first-order valence-electron chi connectivity index (χ1n) is 11.6. The molecule has 5 rings (SSSR count). The molecule has 3 aliphatic rings. The van der Waals surface area contributed by atoms with E-state index in [1.807, 2.05) is 30.3 Å². The van der Waals surface area contributed by atoms with E-state index in [9.17, 15) is 14.0 Å². The normalized spacial score (nSPS) is 13.6. The lowest BCUT2D eigenvalue weighted by Crippen LogP contribution is -2.19. The van der Waals surface area contributed by atoms with Gasteiger partial charge < -0.3 is 4.57 Å². The second-order valence-corrected chi connectivity index (χ2v) is 9.50. The smallest absolute Gasteiger partial charge is 0.284 e. The number of halogens is 1. The van der Waals surface area contributed by atoms with Crippen molar-refractivity contribution >= 4 is 17.5 Å². The molecule has 3 heterocycles. The Kier molecular flexibility index (Phi) is 6.58. The molecule has 174 valence electrons. The van der Waals surface area contributed by atoms with Crippen LogP contribution in [-0.4, -0.2) is 30.9 Å². The zero-order valence-corrected chi connectivity index (χ0v) is 19.6. The first-order chi connectivity index (χ1) is 16.6. The summed E-state index contributed by atoms with van der Waals surface area (Å²) in [5.74, 6) is 0.858. The van der Waals surface area contributed by atoms with Gasteiger partial charge in [0, 0.05) is 30.0 Å². The fourth-order valence-electron chi connectivity index (χ4n) is 4.38. The van der Waals surface area contributed by atoms with E-state index in [2.05, 4.69) is 9.67 Å². The van der Waals surface area contributed by atoms with Gasteiger partial charge in [-0.1, -0.05) is 36.4 Å². The van der Waals surface area contributed by atoms with Gasteiger partial charge in [0.25, 0.3) is 5.56 Å². The summed E-state index contributed by atoms with van der Waals surface area (Å²) in [6.45, 7) is 0.824. The second kappa shape index (κ2) is 9.93. The number of hydrogen-bond acceptors (Lipinski definition) is 5. The van der Waals surface area contributed by atoms with Crippen molar-refractivity contribution in [1.29, 1.82) is 0 Å². The Morgan fingerprint density at radius 2 is 1.82 bits per heavy atom. The fraction of sp³-hybridized carbons (Fsp3) is 0.308. The van der Waals surface area contributed by atoms with Crippen LogP contribution in [0.15, 0.2) is 64.5 Å². The van der Waals surface area contributed by atoms with E-state index in [0.717, 1.165) is 48.8 Å². The van der Waals surface area contributed by atoms with Gasteiger partial charge in [0.15, 0.2) is 16.8 Å². The molecule has 2 aromatic carbocycles. The van der Waals surface area contributed by atoms with Crippen molar-refractivity contribution in [1.82, 2.24) is 19.3 Å². The lowest BCUT2D eigenvalue weighted by atomic mass is 10.1. The number of carbonyl (C=O) groups is 1. The van der Waals surface area contributed by atoms with Crippen molar-refractivity contribution in [3.05, 3.63) is 82.0 Å². The van der Waals surface area contributed by atoms with Gasteiger partial charge in [-0.2, -0.15) is 4.68 Å². The summed E-state index contributed by atoms with van der Waals surface area (Å²) in [5, 5.41) is 5.41. The van der Waals surface area contributed by atoms with E-state index < -0.39 is 0 Å². The fourth-order valence-corrected chi connectivity index (χ4v) is 5.36. The van der Waals surface area contributed by atoms with Gasteiger partial charge in [-0.3, -0.25) is 9.59 Å². The summed E-state index contributed by atoms with van der Waals surface area (Å²) in [4.78, 5) is 30.5. The molecule has 0 amide bonds. The molecular formula is C26H25FN4O2S. The number of aromatic nitrogens is 4.